The van der Waals surface area contributed by atoms with Crippen molar-refractivity contribution in [3.63, 3.8) is 0 Å². The van der Waals surface area contributed by atoms with Gasteiger partial charge in [0.1, 0.15) is 0 Å². The van der Waals surface area contributed by atoms with Crippen molar-refractivity contribution >= 4 is 39.8 Å². The Hall–Kier alpha value is -3.12. The summed E-state index contributed by atoms with van der Waals surface area (Å²) in [6.07, 6.45) is 6.22. The Kier molecular flexibility index (Phi) is 3.72. The summed E-state index contributed by atoms with van der Waals surface area (Å²) in [5.74, 6) is 0. The van der Waals surface area contributed by atoms with Gasteiger partial charge in [-0.05, 0) is 50.4 Å². The third kappa shape index (κ3) is 2.75. The van der Waals surface area contributed by atoms with Crippen LogP contribution in [-0.2, 0) is 0 Å². The van der Waals surface area contributed by atoms with E-state index >= 15 is 0 Å². The fourth-order valence-corrected chi connectivity index (χ4v) is 3.07. The third-order valence-corrected chi connectivity index (χ3v) is 4.41. The van der Waals surface area contributed by atoms with Crippen LogP contribution in [0.1, 0.15) is 16.7 Å². The van der Waals surface area contributed by atoms with Crippen molar-refractivity contribution in [2.24, 2.45) is 0 Å². The van der Waals surface area contributed by atoms with Gasteiger partial charge in [-0.15, -0.1) is 0 Å². The molecule has 4 aromatic carbocycles. The molecule has 0 aliphatic heterocycles. The molecule has 114 valence electrons. The van der Waals surface area contributed by atoms with E-state index in [1.54, 1.807) is 0 Å². The van der Waals surface area contributed by atoms with Gasteiger partial charge in [-0.1, -0.05) is 91.5 Å². The second kappa shape index (κ2) is 6.17. The van der Waals surface area contributed by atoms with E-state index in [9.17, 15) is 0 Å². The van der Waals surface area contributed by atoms with E-state index in [-0.39, 0.29) is 0 Å². The van der Waals surface area contributed by atoms with Gasteiger partial charge in [-0.25, -0.2) is 0 Å². The zero-order valence-corrected chi connectivity index (χ0v) is 13.4. The van der Waals surface area contributed by atoms with Gasteiger partial charge in [-0.3, -0.25) is 0 Å². The average Bonchev–Trinajstić information content (AvgIpc) is 2.65. The summed E-state index contributed by atoms with van der Waals surface area (Å²) < 4.78 is 0. The second-order valence-corrected chi connectivity index (χ2v) is 5.97. The molecule has 24 heavy (non-hydrogen) atoms. The smallest absolute Gasteiger partial charge is 0.0105 e. The van der Waals surface area contributed by atoms with Crippen LogP contribution in [0.4, 0.5) is 0 Å². The minimum absolute atomic E-state index is 1.14. The molecule has 0 bridgehead atoms. The van der Waals surface area contributed by atoms with E-state index < -0.39 is 0 Å². The van der Waals surface area contributed by atoms with Gasteiger partial charge in [0.25, 0.3) is 0 Å². The summed E-state index contributed by atoms with van der Waals surface area (Å²) in [5.41, 5.74) is 3.58. The predicted molar refractivity (Wildman–Crippen MR) is 107 cm³/mol. The summed E-state index contributed by atoms with van der Waals surface area (Å²) in [4.78, 5) is 0. The highest BCUT2D eigenvalue weighted by molar-refractivity contribution is 6.02. The van der Waals surface area contributed by atoms with Crippen molar-refractivity contribution < 1.29 is 0 Å². The van der Waals surface area contributed by atoms with Crippen molar-refractivity contribution in [2.45, 2.75) is 0 Å². The molecule has 4 aromatic rings. The molecule has 0 unspecified atom stereocenters. The summed E-state index contributed by atoms with van der Waals surface area (Å²) in [5, 5.41) is 5.13. The van der Waals surface area contributed by atoms with E-state index in [2.05, 4.69) is 97.6 Å². The Morgan fingerprint density at radius 1 is 0.583 bits per heavy atom. The van der Waals surface area contributed by atoms with Gasteiger partial charge in [0.2, 0.25) is 0 Å². The highest BCUT2D eigenvalue weighted by Crippen LogP contribution is 2.26. The van der Waals surface area contributed by atoms with E-state index in [4.69, 9.17) is 0 Å². The standard InChI is InChI=1S/C24H18/c1-2-18-10-12-19(13-11-18)14-15-20-8-5-9-23-16-21-6-3-4-7-22(21)17-24(20)23/h2-17H,1H2/b15-14+. The molecule has 0 fully saturated rings. The predicted octanol–water partition coefficient (Wildman–Crippen LogP) is 6.81. The minimum Gasteiger partial charge on any atom is -0.0985 e. The fourth-order valence-electron chi connectivity index (χ4n) is 3.07. The molecule has 0 aliphatic rings. The maximum Gasteiger partial charge on any atom is -0.0105 e. The number of hydrogen-bond donors (Lipinski definition) is 0. The van der Waals surface area contributed by atoms with Gasteiger partial charge in [0, 0.05) is 0 Å². The number of rotatable bonds is 3. The molecule has 0 aromatic heterocycles. The van der Waals surface area contributed by atoms with Crippen molar-refractivity contribution in [1.82, 2.24) is 0 Å². The van der Waals surface area contributed by atoms with Crippen LogP contribution in [-0.4, -0.2) is 0 Å². The molecule has 0 nitrogen and oxygen atoms in total. The third-order valence-electron chi connectivity index (χ3n) is 4.41. The number of benzene rings is 4. The van der Waals surface area contributed by atoms with Crippen LogP contribution in [0.15, 0.2) is 85.4 Å². The first kappa shape index (κ1) is 14.5. The molecule has 0 saturated carbocycles. The summed E-state index contributed by atoms with van der Waals surface area (Å²) >= 11 is 0. The molecule has 0 atom stereocenters. The van der Waals surface area contributed by atoms with E-state index in [0.717, 1.165) is 5.56 Å². The van der Waals surface area contributed by atoms with Gasteiger partial charge in [0.05, 0.1) is 0 Å². The first-order valence-electron chi connectivity index (χ1n) is 8.16. The Morgan fingerprint density at radius 2 is 1.25 bits per heavy atom. The maximum absolute atomic E-state index is 3.80. The van der Waals surface area contributed by atoms with Gasteiger partial charge in [-0.2, -0.15) is 0 Å². The Morgan fingerprint density at radius 3 is 2.00 bits per heavy atom. The summed E-state index contributed by atoms with van der Waals surface area (Å²) in [6.45, 7) is 3.80. The molecule has 0 heteroatoms. The molecule has 0 aliphatic carbocycles. The fraction of sp³-hybridized carbons (Fsp3) is 0. The lowest BCUT2D eigenvalue weighted by atomic mass is 9.99. The summed E-state index contributed by atoms with van der Waals surface area (Å²) in [7, 11) is 0. The van der Waals surface area contributed by atoms with Crippen LogP contribution in [0.25, 0.3) is 39.8 Å². The molecule has 0 spiro atoms. The summed E-state index contributed by atoms with van der Waals surface area (Å²) in [6, 6.07) is 27.9. The monoisotopic (exact) mass is 306 g/mol. The van der Waals surface area contributed by atoms with Crippen LogP contribution in [0.2, 0.25) is 0 Å². The molecule has 0 saturated heterocycles. The quantitative estimate of drug-likeness (QED) is 0.288. The Balaban J connectivity index is 1.79. The number of fused-ring (bicyclic) bond motifs is 2. The first-order valence-corrected chi connectivity index (χ1v) is 8.16. The van der Waals surface area contributed by atoms with Crippen molar-refractivity contribution in [3.05, 3.63) is 102 Å². The molecule has 4 rings (SSSR count). The van der Waals surface area contributed by atoms with Gasteiger partial charge in [0.15, 0.2) is 0 Å². The molecule has 0 heterocycles. The van der Waals surface area contributed by atoms with Crippen LogP contribution < -0.4 is 0 Å². The molecular weight excluding hydrogens is 288 g/mol. The van der Waals surface area contributed by atoms with Gasteiger partial charge < -0.3 is 0 Å². The lowest BCUT2D eigenvalue weighted by Gasteiger charge is -2.05. The van der Waals surface area contributed by atoms with Crippen molar-refractivity contribution in [3.8, 4) is 0 Å². The highest BCUT2D eigenvalue weighted by Gasteiger charge is 2.01. The van der Waals surface area contributed by atoms with E-state index in [1.807, 2.05) is 6.08 Å². The minimum atomic E-state index is 1.14. The highest BCUT2D eigenvalue weighted by atomic mass is 14.0. The Labute approximate surface area is 142 Å². The van der Waals surface area contributed by atoms with Crippen molar-refractivity contribution in [2.75, 3.05) is 0 Å². The zero-order valence-electron chi connectivity index (χ0n) is 13.4. The lowest BCUT2D eigenvalue weighted by Crippen LogP contribution is -1.80. The van der Waals surface area contributed by atoms with Gasteiger partial charge >= 0.3 is 0 Å². The second-order valence-electron chi connectivity index (χ2n) is 5.97. The number of hydrogen-bond acceptors (Lipinski definition) is 0. The maximum atomic E-state index is 3.80. The van der Waals surface area contributed by atoms with Crippen LogP contribution in [0.3, 0.4) is 0 Å². The zero-order chi connectivity index (χ0) is 16.4. The van der Waals surface area contributed by atoms with Crippen molar-refractivity contribution in [1.29, 1.82) is 0 Å². The largest absolute Gasteiger partial charge is 0.0985 e. The topological polar surface area (TPSA) is 0 Å². The van der Waals surface area contributed by atoms with Crippen LogP contribution >= 0.6 is 0 Å². The first-order chi connectivity index (χ1) is 11.8. The van der Waals surface area contributed by atoms with Crippen LogP contribution in [0.5, 0.6) is 0 Å². The molecule has 0 radical (unpaired) electrons. The molecule has 0 amide bonds. The van der Waals surface area contributed by atoms with Crippen LogP contribution in [0, 0.1) is 0 Å². The van der Waals surface area contributed by atoms with E-state index in [0.29, 0.717) is 0 Å². The van der Waals surface area contributed by atoms with E-state index in [1.165, 1.54) is 32.7 Å². The lowest BCUT2D eigenvalue weighted by molar-refractivity contribution is 1.63. The Bertz CT molecular complexity index is 1050. The average molecular weight is 306 g/mol. The normalized spacial score (nSPS) is 11.3. The SMILES string of the molecule is C=Cc1ccc(/C=C/c2cccc3cc4ccccc4cc23)cc1. The molecular formula is C24H18. The molecule has 0 N–H and O–H groups in total.